The number of nitrogen functional groups attached to an aromatic ring is 1. The Labute approximate surface area is 189 Å². The molecular formula is C27H30N2O3. The molecule has 3 N–H and O–H groups in total. The van der Waals surface area contributed by atoms with E-state index < -0.39 is 0 Å². The molecule has 1 saturated heterocycles. The Morgan fingerprint density at radius 3 is 2.59 bits per heavy atom. The number of benzene rings is 2. The summed E-state index contributed by atoms with van der Waals surface area (Å²) in [5.41, 5.74) is 11.8. The van der Waals surface area contributed by atoms with Crippen molar-refractivity contribution in [1.29, 1.82) is 0 Å². The molecule has 1 atom stereocenters. The molecule has 0 bridgehead atoms. The smallest absolute Gasteiger partial charge is 0.163 e. The summed E-state index contributed by atoms with van der Waals surface area (Å²) in [5.74, 6) is 0.743. The number of Topliss-reactive ketones (excluding diaryl/α,β-unsaturated/α-hetero) is 1. The number of rotatable bonds is 7. The molecule has 5 heteroatoms. The molecule has 0 spiro atoms. The molecule has 1 aromatic heterocycles. The third-order valence-electron chi connectivity index (χ3n) is 6.39. The number of anilines is 1. The summed E-state index contributed by atoms with van der Waals surface area (Å²) in [6.45, 7) is 3.43. The van der Waals surface area contributed by atoms with E-state index in [9.17, 15) is 9.90 Å². The van der Waals surface area contributed by atoms with Crippen LogP contribution in [0.4, 0.5) is 5.82 Å². The van der Waals surface area contributed by atoms with E-state index >= 15 is 0 Å². The number of hydrogen-bond donors (Lipinski definition) is 2. The molecule has 166 valence electrons. The van der Waals surface area contributed by atoms with Crippen LogP contribution in [0.1, 0.15) is 58.1 Å². The number of carbonyl (C=O) groups excluding carboxylic acids is 1. The van der Waals surface area contributed by atoms with Crippen LogP contribution in [0.3, 0.4) is 0 Å². The summed E-state index contributed by atoms with van der Waals surface area (Å²) < 4.78 is 5.48. The second kappa shape index (κ2) is 10.1. The number of nitrogens with two attached hydrogens (primary N) is 1. The summed E-state index contributed by atoms with van der Waals surface area (Å²) in [5, 5.41) is 9.82. The Kier molecular flexibility index (Phi) is 6.98. The number of pyridine rings is 1. The van der Waals surface area contributed by atoms with Crippen LogP contribution in [0.5, 0.6) is 0 Å². The van der Waals surface area contributed by atoms with Crippen molar-refractivity contribution in [2.24, 2.45) is 0 Å². The molecule has 1 aliphatic rings. The first kappa shape index (κ1) is 22.2. The molecule has 3 aromatic rings. The van der Waals surface area contributed by atoms with E-state index in [-0.39, 0.29) is 24.7 Å². The van der Waals surface area contributed by atoms with E-state index in [1.54, 1.807) is 0 Å². The number of nitrogens with zero attached hydrogens (tertiary/aromatic N) is 1. The first-order valence-electron chi connectivity index (χ1n) is 11.2. The maximum absolute atomic E-state index is 13.0. The average Bonchev–Trinajstić information content (AvgIpc) is 2.83. The minimum Gasteiger partial charge on any atom is -0.396 e. The molecule has 0 aliphatic carbocycles. The van der Waals surface area contributed by atoms with Crippen molar-refractivity contribution in [1.82, 2.24) is 4.98 Å². The Bertz CT molecular complexity index is 1080. The summed E-state index contributed by atoms with van der Waals surface area (Å²) in [6, 6.07) is 17.6. The van der Waals surface area contributed by atoms with Gasteiger partial charge in [-0.3, -0.25) is 4.79 Å². The lowest BCUT2D eigenvalue weighted by molar-refractivity contribution is 0.0853. The van der Waals surface area contributed by atoms with E-state index in [0.29, 0.717) is 17.3 Å². The number of aryl methyl sites for hydroxylation is 1. The number of ketones is 1. The topological polar surface area (TPSA) is 85.4 Å². The van der Waals surface area contributed by atoms with E-state index in [0.717, 1.165) is 48.3 Å². The second-order valence-corrected chi connectivity index (χ2v) is 8.54. The van der Waals surface area contributed by atoms with Crippen LogP contribution in [0.25, 0.3) is 11.1 Å². The highest BCUT2D eigenvalue weighted by molar-refractivity contribution is 5.98. The van der Waals surface area contributed by atoms with Gasteiger partial charge in [0.1, 0.15) is 5.82 Å². The zero-order valence-corrected chi connectivity index (χ0v) is 18.5. The number of ether oxygens (including phenoxy) is 1. The maximum atomic E-state index is 13.0. The molecule has 2 aromatic carbocycles. The lowest BCUT2D eigenvalue weighted by atomic mass is 9.89. The van der Waals surface area contributed by atoms with Crippen molar-refractivity contribution in [3.8, 4) is 11.1 Å². The summed E-state index contributed by atoms with van der Waals surface area (Å²) in [7, 11) is 0. The molecule has 5 nitrogen and oxygen atoms in total. The zero-order chi connectivity index (χ0) is 22.5. The monoisotopic (exact) mass is 430 g/mol. The Balaban J connectivity index is 1.56. The molecule has 0 amide bonds. The summed E-state index contributed by atoms with van der Waals surface area (Å²) in [6.07, 6.45) is 4.12. The Hall–Kier alpha value is -3.02. The number of aliphatic hydroxyl groups excluding tert-OH is 1. The van der Waals surface area contributed by atoms with Crippen molar-refractivity contribution in [2.45, 2.75) is 38.0 Å². The maximum Gasteiger partial charge on any atom is 0.163 e. The van der Waals surface area contributed by atoms with Gasteiger partial charge in [-0.15, -0.1) is 0 Å². The van der Waals surface area contributed by atoms with Gasteiger partial charge < -0.3 is 15.6 Å². The van der Waals surface area contributed by atoms with Gasteiger partial charge in [0.05, 0.1) is 6.61 Å². The third kappa shape index (κ3) is 4.90. The fourth-order valence-electron chi connectivity index (χ4n) is 4.47. The molecular weight excluding hydrogens is 400 g/mol. The lowest BCUT2D eigenvalue weighted by Crippen LogP contribution is -2.14. The standard InChI is InChI=1S/C27H30N2O3/c1-18-13-21(25-14-22(16-29-27(25)28)20-9-11-32-12-10-20)7-8-24(18)26(31)15-23(17-30)19-5-3-2-4-6-19/h2-8,13-14,16,20,23,30H,9-12,15,17H2,1H3,(H2,28,29)/t23-/m1/s1. The number of aliphatic hydroxyl groups is 1. The normalized spacial score (nSPS) is 15.4. The number of hydrogen-bond acceptors (Lipinski definition) is 5. The van der Waals surface area contributed by atoms with Crippen molar-refractivity contribution < 1.29 is 14.6 Å². The molecule has 0 radical (unpaired) electrons. The van der Waals surface area contributed by atoms with Crippen molar-refractivity contribution >= 4 is 11.6 Å². The number of aromatic nitrogens is 1. The predicted molar refractivity (Wildman–Crippen MR) is 127 cm³/mol. The van der Waals surface area contributed by atoms with Crippen LogP contribution in [-0.4, -0.2) is 35.7 Å². The van der Waals surface area contributed by atoms with Crippen LogP contribution in [-0.2, 0) is 4.74 Å². The van der Waals surface area contributed by atoms with Gasteiger partial charge in [0, 0.05) is 42.9 Å². The van der Waals surface area contributed by atoms with Crippen LogP contribution in [0.2, 0.25) is 0 Å². The number of carbonyl (C=O) groups is 1. The molecule has 0 unspecified atom stereocenters. The molecule has 32 heavy (non-hydrogen) atoms. The van der Waals surface area contributed by atoms with Gasteiger partial charge in [0.2, 0.25) is 0 Å². The highest BCUT2D eigenvalue weighted by atomic mass is 16.5. The van der Waals surface area contributed by atoms with Gasteiger partial charge in [-0.1, -0.05) is 48.5 Å². The van der Waals surface area contributed by atoms with Crippen molar-refractivity contribution in [2.75, 3.05) is 25.6 Å². The fraction of sp³-hybridized carbons (Fsp3) is 0.333. The summed E-state index contributed by atoms with van der Waals surface area (Å²) in [4.78, 5) is 17.5. The van der Waals surface area contributed by atoms with Gasteiger partial charge in [0.25, 0.3) is 0 Å². The highest BCUT2D eigenvalue weighted by Crippen LogP contribution is 2.33. The first-order chi connectivity index (χ1) is 15.6. The van der Waals surface area contributed by atoms with Gasteiger partial charge in [-0.2, -0.15) is 0 Å². The largest absolute Gasteiger partial charge is 0.396 e. The predicted octanol–water partition coefficient (Wildman–Crippen LogP) is 4.88. The first-order valence-corrected chi connectivity index (χ1v) is 11.2. The minimum absolute atomic E-state index is 0.0269. The van der Waals surface area contributed by atoms with E-state index in [1.807, 2.05) is 61.7 Å². The highest BCUT2D eigenvalue weighted by Gasteiger charge is 2.20. The van der Waals surface area contributed by atoms with Crippen LogP contribution in [0, 0.1) is 6.92 Å². The van der Waals surface area contributed by atoms with Crippen molar-refractivity contribution in [3.05, 3.63) is 83.0 Å². The Morgan fingerprint density at radius 1 is 1.16 bits per heavy atom. The SMILES string of the molecule is Cc1cc(-c2cc(C3CCOCC3)cnc2N)ccc1C(=O)C[C@H](CO)c1ccccc1. The average molecular weight is 431 g/mol. The van der Waals surface area contributed by atoms with Gasteiger partial charge >= 0.3 is 0 Å². The zero-order valence-electron chi connectivity index (χ0n) is 18.5. The lowest BCUT2D eigenvalue weighted by Gasteiger charge is -2.23. The van der Waals surface area contributed by atoms with Crippen LogP contribution < -0.4 is 5.73 Å². The third-order valence-corrected chi connectivity index (χ3v) is 6.39. The van der Waals surface area contributed by atoms with E-state index in [2.05, 4.69) is 11.1 Å². The van der Waals surface area contributed by atoms with E-state index in [4.69, 9.17) is 10.5 Å². The van der Waals surface area contributed by atoms with Crippen molar-refractivity contribution in [3.63, 3.8) is 0 Å². The minimum atomic E-state index is -0.209. The Morgan fingerprint density at radius 2 is 1.91 bits per heavy atom. The second-order valence-electron chi connectivity index (χ2n) is 8.54. The fourth-order valence-corrected chi connectivity index (χ4v) is 4.47. The van der Waals surface area contributed by atoms with Gasteiger partial charge in [0.15, 0.2) is 5.78 Å². The quantitative estimate of drug-likeness (QED) is 0.522. The molecule has 4 rings (SSSR count). The molecule has 1 fully saturated rings. The van der Waals surface area contributed by atoms with Gasteiger partial charge in [-0.05, 0) is 54.0 Å². The molecule has 1 aliphatic heterocycles. The molecule has 2 heterocycles. The summed E-state index contributed by atoms with van der Waals surface area (Å²) >= 11 is 0. The van der Waals surface area contributed by atoms with E-state index in [1.165, 1.54) is 5.56 Å². The van der Waals surface area contributed by atoms with Crippen LogP contribution >= 0.6 is 0 Å². The molecule has 0 saturated carbocycles. The van der Waals surface area contributed by atoms with Gasteiger partial charge in [-0.25, -0.2) is 4.98 Å². The van der Waals surface area contributed by atoms with Crippen LogP contribution in [0.15, 0.2) is 60.8 Å².